The van der Waals surface area contributed by atoms with Crippen LogP contribution < -0.4 is 0 Å². The van der Waals surface area contributed by atoms with Crippen molar-refractivity contribution in [3.05, 3.63) is 59.7 Å². The van der Waals surface area contributed by atoms with Crippen molar-refractivity contribution in [1.29, 1.82) is 0 Å². The number of sulfonamides is 1. The van der Waals surface area contributed by atoms with Crippen molar-refractivity contribution in [3.63, 3.8) is 0 Å². The molecule has 0 unspecified atom stereocenters. The molecule has 0 aliphatic carbocycles. The first kappa shape index (κ1) is 16.9. The number of nitrogens with zero attached hydrogens (tertiary/aromatic N) is 2. The van der Waals surface area contributed by atoms with Crippen LogP contribution in [0, 0.1) is 6.92 Å². The number of aryl methyl sites for hydroxylation is 1. The lowest BCUT2D eigenvalue weighted by Crippen LogP contribution is -2.35. The Hall–Kier alpha value is -1.98. The molecule has 0 amide bonds. The summed E-state index contributed by atoms with van der Waals surface area (Å²) >= 11 is 0. The van der Waals surface area contributed by atoms with Crippen molar-refractivity contribution in [2.75, 3.05) is 13.1 Å². The summed E-state index contributed by atoms with van der Waals surface area (Å²) in [5, 5.41) is 0. The predicted octanol–water partition coefficient (Wildman–Crippen LogP) is 3.92. The van der Waals surface area contributed by atoms with E-state index in [0.29, 0.717) is 23.7 Å². The quantitative estimate of drug-likeness (QED) is 0.791. The molecule has 0 N–H and O–H groups in total. The molecule has 3 rings (SSSR count). The molecule has 1 aliphatic heterocycles. The second kappa shape index (κ2) is 7.28. The molecular formula is C19H22N2O2S. The summed E-state index contributed by atoms with van der Waals surface area (Å²) < 4.78 is 27.6. The van der Waals surface area contributed by atoms with E-state index in [2.05, 4.69) is 4.99 Å². The highest BCUT2D eigenvalue weighted by molar-refractivity contribution is 7.89. The summed E-state index contributed by atoms with van der Waals surface area (Å²) in [5.41, 5.74) is 2.36. The fourth-order valence-corrected chi connectivity index (χ4v) is 4.60. The Morgan fingerprint density at radius 1 is 1.00 bits per heavy atom. The summed E-state index contributed by atoms with van der Waals surface area (Å²) in [4.78, 5) is 4.75. The summed E-state index contributed by atoms with van der Waals surface area (Å²) in [5.74, 6) is 0. The number of piperidine rings is 1. The Balaban J connectivity index is 1.98. The van der Waals surface area contributed by atoms with Crippen molar-refractivity contribution >= 4 is 21.9 Å². The van der Waals surface area contributed by atoms with Crippen LogP contribution in [0.15, 0.2) is 58.4 Å². The highest BCUT2D eigenvalue weighted by Crippen LogP contribution is 2.29. The number of aliphatic imine (C=N–C) groups is 1. The number of benzene rings is 2. The van der Waals surface area contributed by atoms with Crippen LogP contribution in [0.25, 0.3) is 0 Å². The third-order valence-electron chi connectivity index (χ3n) is 4.20. The van der Waals surface area contributed by atoms with Crippen LogP contribution in [-0.4, -0.2) is 32.0 Å². The van der Waals surface area contributed by atoms with Gasteiger partial charge in [-0.2, -0.15) is 4.31 Å². The van der Waals surface area contributed by atoms with Crippen molar-refractivity contribution in [1.82, 2.24) is 4.31 Å². The Bertz CT molecular complexity index is 824. The van der Waals surface area contributed by atoms with Gasteiger partial charge in [-0.1, -0.05) is 42.8 Å². The second-order valence-corrected chi connectivity index (χ2v) is 8.01. The van der Waals surface area contributed by atoms with Gasteiger partial charge in [0.2, 0.25) is 10.0 Å². The summed E-state index contributed by atoms with van der Waals surface area (Å²) in [6.07, 6.45) is 4.65. The molecule has 24 heavy (non-hydrogen) atoms. The van der Waals surface area contributed by atoms with Gasteiger partial charge in [-0.05, 0) is 43.0 Å². The zero-order valence-corrected chi connectivity index (χ0v) is 14.7. The minimum Gasteiger partial charge on any atom is -0.255 e. The van der Waals surface area contributed by atoms with Crippen LogP contribution in [0.4, 0.5) is 5.69 Å². The summed E-state index contributed by atoms with van der Waals surface area (Å²) in [6, 6.07) is 15.1. The number of hydrogen-bond acceptors (Lipinski definition) is 3. The van der Waals surface area contributed by atoms with Gasteiger partial charge in [0.05, 0.1) is 5.69 Å². The van der Waals surface area contributed by atoms with E-state index in [9.17, 15) is 8.42 Å². The van der Waals surface area contributed by atoms with E-state index in [4.69, 9.17) is 0 Å². The van der Waals surface area contributed by atoms with Gasteiger partial charge < -0.3 is 0 Å². The molecule has 1 aliphatic rings. The standard InChI is InChI=1S/C19H22N2O2S/c1-16-10-11-18(20-15-17-8-4-2-5-9-17)19(14-16)24(22,23)21-12-6-3-7-13-21/h2,4-5,8-11,14-15H,3,6-7,12-13H2,1H3. The van der Waals surface area contributed by atoms with Gasteiger partial charge >= 0.3 is 0 Å². The van der Waals surface area contributed by atoms with Crippen LogP contribution in [0.5, 0.6) is 0 Å². The van der Waals surface area contributed by atoms with Gasteiger partial charge in [0.1, 0.15) is 4.90 Å². The molecule has 2 aromatic rings. The Kier molecular flexibility index (Phi) is 5.11. The average molecular weight is 342 g/mol. The summed E-state index contributed by atoms with van der Waals surface area (Å²) in [7, 11) is -3.50. The molecule has 0 spiro atoms. The maximum absolute atomic E-state index is 13.0. The molecule has 126 valence electrons. The molecule has 0 radical (unpaired) electrons. The van der Waals surface area contributed by atoms with Crippen molar-refractivity contribution < 1.29 is 8.42 Å². The fraction of sp³-hybridized carbons (Fsp3) is 0.316. The lowest BCUT2D eigenvalue weighted by atomic mass is 10.2. The Morgan fingerprint density at radius 2 is 1.71 bits per heavy atom. The van der Waals surface area contributed by atoms with Gasteiger partial charge in [0, 0.05) is 19.3 Å². The van der Waals surface area contributed by atoms with Gasteiger partial charge in [0.25, 0.3) is 0 Å². The zero-order chi connectivity index (χ0) is 17.0. The summed E-state index contributed by atoms with van der Waals surface area (Å²) in [6.45, 7) is 3.09. The zero-order valence-electron chi connectivity index (χ0n) is 13.9. The molecule has 4 nitrogen and oxygen atoms in total. The highest BCUT2D eigenvalue weighted by atomic mass is 32.2. The lowest BCUT2D eigenvalue weighted by molar-refractivity contribution is 0.347. The van der Waals surface area contributed by atoms with Gasteiger partial charge in [0.15, 0.2) is 0 Å². The molecule has 0 aromatic heterocycles. The van der Waals surface area contributed by atoms with E-state index in [1.54, 1.807) is 22.7 Å². The van der Waals surface area contributed by atoms with Crippen LogP contribution >= 0.6 is 0 Å². The molecule has 1 fully saturated rings. The van der Waals surface area contributed by atoms with Gasteiger partial charge in [-0.15, -0.1) is 0 Å². The highest BCUT2D eigenvalue weighted by Gasteiger charge is 2.28. The van der Waals surface area contributed by atoms with E-state index in [-0.39, 0.29) is 0 Å². The number of rotatable bonds is 4. The van der Waals surface area contributed by atoms with Gasteiger partial charge in [-0.3, -0.25) is 4.99 Å². The molecule has 5 heteroatoms. The Labute approximate surface area is 143 Å². The molecule has 2 aromatic carbocycles. The van der Waals surface area contributed by atoms with Crippen LogP contribution in [0.2, 0.25) is 0 Å². The molecule has 1 saturated heterocycles. The first-order chi connectivity index (χ1) is 11.6. The SMILES string of the molecule is Cc1ccc(N=Cc2ccccc2)c(S(=O)(=O)N2CCCCC2)c1. The smallest absolute Gasteiger partial charge is 0.245 e. The topological polar surface area (TPSA) is 49.7 Å². The predicted molar refractivity (Wildman–Crippen MR) is 97.5 cm³/mol. The van der Waals surface area contributed by atoms with E-state index in [0.717, 1.165) is 30.4 Å². The third-order valence-corrected chi connectivity index (χ3v) is 6.13. The van der Waals surface area contributed by atoms with E-state index in [1.807, 2.05) is 43.3 Å². The average Bonchev–Trinajstić information content (AvgIpc) is 2.62. The van der Waals surface area contributed by atoms with Gasteiger partial charge in [-0.25, -0.2) is 8.42 Å². The second-order valence-electron chi connectivity index (χ2n) is 6.10. The van der Waals surface area contributed by atoms with Crippen LogP contribution in [0.1, 0.15) is 30.4 Å². The van der Waals surface area contributed by atoms with E-state index in [1.165, 1.54) is 0 Å². The first-order valence-electron chi connectivity index (χ1n) is 8.27. The van der Waals surface area contributed by atoms with Crippen molar-refractivity contribution in [2.45, 2.75) is 31.1 Å². The van der Waals surface area contributed by atoms with Crippen LogP contribution in [0.3, 0.4) is 0 Å². The number of hydrogen-bond donors (Lipinski definition) is 0. The monoisotopic (exact) mass is 342 g/mol. The minimum absolute atomic E-state index is 0.302. The molecule has 0 atom stereocenters. The molecule has 0 bridgehead atoms. The largest absolute Gasteiger partial charge is 0.255 e. The van der Waals surface area contributed by atoms with E-state index >= 15 is 0 Å². The van der Waals surface area contributed by atoms with Crippen LogP contribution in [-0.2, 0) is 10.0 Å². The normalized spacial score (nSPS) is 16.5. The van der Waals surface area contributed by atoms with Crippen molar-refractivity contribution in [3.8, 4) is 0 Å². The molecular weight excluding hydrogens is 320 g/mol. The van der Waals surface area contributed by atoms with E-state index < -0.39 is 10.0 Å². The third kappa shape index (κ3) is 3.74. The molecule has 1 heterocycles. The Morgan fingerprint density at radius 3 is 2.42 bits per heavy atom. The maximum atomic E-state index is 13.0. The molecule has 0 saturated carbocycles. The lowest BCUT2D eigenvalue weighted by Gasteiger charge is -2.26. The maximum Gasteiger partial charge on any atom is 0.245 e. The first-order valence-corrected chi connectivity index (χ1v) is 9.71. The van der Waals surface area contributed by atoms with Crippen molar-refractivity contribution in [2.24, 2.45) is 4.99 Å². The minimum atomic E-state index is -3.50. The fourth-order valence-electron chi connectivity index (χ4n) is 2.86.